The molecule has 2 amide bonds. The zero-order valence-electron chi connectivity index (χ0n) is 21.5. The summed E-state index contributed by atoms with van der Waals surface area (Å²) in [4.78, 5) is 44.5. The highest BCUT2D eigenvalue weighted by Gasteiger charge is 2.66. The number of nitrogens with zero attached hydrogens (tertiary/aromatic N) is 2. The lowest BCUT2D eigenvalue weighted by molar-refractivity contribution is -0.184. The van der Waals surface area contributed by atoms with E-state index in [0.717, 1.165) is 5.56 Å². The monoisotopic (exact) mass is 518 g/mol. The summed E-state index contributed by atoms with van der Waals surface area (Å²) in [5, 5.41) is 0. The van der Waals surface area contributed by atoms with E-state index in [2.05, 4.69) is 0 Å². The number of benzene rings is 2. The van der Waals surface area contributed by atoms with Gasteiger partial charge >= 0.3 is 5.97 Å². The number of anilines is 1. The first-order valence-electron chi connectivity index (χ1n) is 12.9. The molecular formula is C29H30N2O7. The number of amides is 2. The van der Waals surface area contributed by atoms with Crippen molar-refractivity contribution in [1.29, 1.82) is 0 Å². The SMILES string of the molecule is CCOC(=O)[C@H]1C2C(=O)N(c3ccccc3)C(=O)C2[C@H](C2=C[C@H]3OC(C)(C)O[C@H]3O2)N1Cc1ccccc1. The number of likely N-dealkylation sites (tertiary alicyclic amines) is 1. The molecule has 2 unspecified atom stereocenters. The molecule has 0 radical (unpaired) electrons. The van der Waals surface area contributed by atoms with Gasteiger partial charge in [-0.05, 0) is 44.5 Å². The van der Waals surface area contributed by atoms with Crippen LogP contribution in [-0.2, 0) is 39.9 Å². The molecule has 0 N–H and O–H groups in total. The van der Waals surface area contributed by atoms with Crippen LogP contribution < -0.4 is 4.90 Å². The first-order valence-corrected chi connectivity index (χ1v) is 12.9. The molecule has 3 fully saturated rings. The molecule has 0 bridgehead atoms. The fourth-order valence-electron chi connectivity index (χ4n) is 6.10. The average molecular weight is 519 g/mol. The molecule has 0 aliphatic carbocycles. The van der Waals surface area contributed by atoms with Crippen LogP contribution in [0.2, 0.25) is 0 Å². The van der Waals surface area contributed by atoms with Gasteiger partial charge in [0.25, 0.3) is 0 Å². The quantitative estimate of drug-likeness (QED) is 0.426. The van der Waals surface area contributed by atoms with Gasteiger partial charge in [-0.3, -0.25) is 19.3 Å². The molecular weight excluding hydrogens is 488 g/mol. The Kier molecular flexibility index (Phi) is 6.09. The smallest absolute Gasteiger partial charge is 0.324 e. The van der Waals surface area contributed by atoms with Crippen molar-refractivity contribution in [3.05, 3.63) is 78.1 Å². The van der Waals surface area contributed by atoms with Gasteiger partial charge in [-0.1, -0.05) is 48.5 Å². The lowest BCUT2D eigenvalue weighted by Crippen LogP contribution is -2.49. The molecule has 4 aliphatic rings. The minimum atomic E-state index is -0.974. The van der Waals surface area contributed by atoms with Gasteiger partial charge < -0.3 is 18.9 Å². The van der Waals surface area contributed by atoms with Crippen molar-refractivity contribution in [1.82, 2.24) is 4.90 Å². The summed E-state index contributed by atoms with van der Waals surface area (Å²) in [6.45, 7) is 5.81. The van der Waals surface area contributed by atoms with Crippen molar-refractivity contribution in [3.63, 3.8) is 0 Å². The summed E-state index contributed by atoms with van der Waals surface area (Å²) in [6, 6.07) is 16.7. The van der Waals surface area contributed by atoms with Crippen molar-refractivity contribution in [2.45, 2.75) is 57.6 Å². The second kappa shape index (κ2) is 9.34. The van der Waals surface area contributed by atoms with Crippen LogP contribution in [-0.4, -0.2) is 59.6 Å². The zero-order valence-corrected chi connectivity index (χ0v) is 21.5. The van der Waals surface area contributed by atoms with Gasteiger partial charge in [0.2, 0.25) is 18.1 Å². The first-order chi connectivity index (χ1) is 18.3. The minimum absolute atomic E-state index is 0.154. The molecule has 4 heterocycles. The zero-order chi connectivity index (χ0) is 26.6. The van der Waals surface area contributed by atoms with Crippen molar-refractivity contribution in [2.75, 3.05) is 11.5 Å². The molecule has 6 rings (SSSR count). The molecule has 0 aromatic heterocycles. The number of imide groups is 1. The average Bonchev–Trinajstić information content (AvgIpc) is 3.57. The van der Waals surface area contributed by atoms with Crippen molar-refractivity contribution in [3.8, 4) is 0 Å². The van der Waals surface area contributed by atoms with Crippen LogP contribution in [0.3, 0.4) is 0 Å². The van der Waals surface area contributed by atoms with Crippen LogP contribution in [0.25, 0.3) is 0 Å². The van der Waals surface area contributed by atoms with E-state index >= 15 is 0 Å². The molecule has 0 saturated carbocycles. The number of hydrogen-bond acceptors (Lipinski definition) is 8. The summed E-state index contributed by atoms with van der Waals surface area (Å²) in [7, 11) is 0. The minimum Gasteiger partial charge on any atom is -0.465 e. The van der Waals surface area contributed by atoms with Crippen molar-refractivity contribution in [2.24, 2.45) is 11.8 Å². The Morgan fingerprint density at radius 1 is 0.947 bits per heavy atom. The van der Waals surface area contributed by atoms with E-state index in [0.29, 0.717) is 18.0 Å². The van der Waals surface area contributed by atoms with Crippen LogP contribution in [0.4, 0.5) is 5.69 Å². The second-order valence-electron chi connectivity index (χ2n) is 10.4. The largest absolute Gasteiger partial charge is 0.465 e. The highest BCUT2D eigenvalue weighted by Crippen LogP contribution is 2.49. The van der Waals surface area contributed by atoms with Gasteiger partial charge in [-0.25, -0.2) is 4.90 Å². The van der Waals surface area contributed by atoms with E-state index in [1.54, 1.807) is 31.2 Å². The molecule has 2 aromatic rings. The summed E-state index contributed by atoms with van der Waals surface area (Å²) >= 11 is 0. The molecule has 6 atom stereocenters. The number of fused-ring (bicyclic) bond motifs is 2. The van der Waals surface area contributed by atoms with E-state index in [9.17, 15) is 14.4 Å². The number of rotatable bonds is 6. The van der Waals surface area contributed by atoms with Crippen LogP contribution in [0.15, 0.2) is 72.5 Å². The lowest BCUT2D eigenvalue weighted by atomic mass is 9.88. The lowest BCUT2D eigenvalue weighted by Gasteiger charge is -2.33. The number of para-hydroxylation sites is 1. The van der Waals surface area contributed by atoms with Gasteiger partial charge in [-0.15, -0.1) is 0 Å². The summed E-state index contributed by atoms with van der Waals surface area (Å²) in [6.07, 6.45) is 0.683. The summed E-state index contributed by atoms with van der Waals surface area (Å²) in [5.74, 6) is -3.45. The number of esters is 1. The maximum absolute atomic E-state index is 14.0. The molecule has 38 heavy (non-hydrogen) atoms. The van der Waals surface area contributed by atoms with E-state index in [-0.39, 0.29) is 12.5 Å². The molecule has 4 aliphatic heterocycles. The standard InChI is InChI=1S/C29H30N2O7/c1-4-35-27(34)24-22-21(25(32)31(26(22)33)18-13-9-6-10-14-18)23(30(24)16-17-11-7-5-8-12-17)19-15-20-28(36-19)38-29(2,3)37-20/h5-15,20-24,28H,4,16H2,1-3H3/t20-,21?,22?,23+,24-,28-/m1/s1. The number of ether oxygens (including phenoxy) is 4. The molecule has 3 saturated heterocycles. The Bertz CT molecular complexity index is 1280. The highest BCUT2D eigenvalue weighted by molar-refractivity contribution is 6.23. The van der Waals surface area contributed by atoms with E-state index < -0.39 is 54.0 Å². The van der Waals surface area contributed by atoms with E-state index in [1.165, 1.54) is 4.90 Å². The maximum Gasteiger partial charge on any atom is 0.324 e. The fourth-order valence-corrected chi connectivity index (χ4v) is 6.10. The molecule has 0 spiro atoms. The molecule has 2 aromatic carbocycles. The summed E-state index contributed by atoms with van der Waals surface area (Å²) < 4.78 is 23.6. The Balaban J connectivity index is 1.45. The van der Waals surface area contributed by atoms with Crippen LogP contribution in [0, 0.1) is 11.8 Å². The number of carbonyl (C=O) groups is 3. The van der Waals surface area contributed by atoms with Crippen LogP contribution in [0.1, 0.15) is 26.3 Å². The fraction of sp³-hybridized carbons (Fsp3) is 0.414. The second-order valence-corrected chi connectivity index (χ2v) is 10.4. The van der Waals surface area contributed by atoms with Gasteiger partial charge in [-0.2, -0.15) is 0 Å². The predicted octanol–water partition coefficient (Wildman–Crippen LogP) is 3.00. The number of carbonyl (C=O) groups excluding carboxylic acids is 3. The third-order valence-corrected chi connectivity index (χ3v) is 7.50. The van der Waals surface area contributed by atoms with E-state index in [1.807, 2.05) is 61.2 Å². The van der Waals surface area contributed by atoms with E-state index in [4.69, 9.17) is 18.9 Å². The first kappa shape index (κ1) is 24.8. The van der Waals surface area contributed by atoms with Gasteiger partial charge in [0.1, 0.15) is 17.9 Å². The Morgan fingerprint density at radius 2 is 1.61 bits per heavy atom. The maximum atomic E-state index is 14.0. The molecule has 198 valence electrons. The van der Waals surface area contributed by atoms with Gasteiger partial charge in [0, 0.05) is 6.54 Å². The Morgan fingerprint density at radius 3 is 2.26 bits per heavy atom. The third kappa shape index (κ3) is 4.02. The van der Waals surface area contributed by atoms with Crippen molar-refractivity contribution >= 4 is 23.5 Å². The Labute approximate surface area is 220 Å². The predicted molar refractivity (Wildman–Crippen MR) is 135 cm³/mol. The number of hydrogen-bond donors (Lipinski definition) is 0. The third-order valence-electron chi connectivity index (χ3n) is 7.50. The topological polar surface area (TPSA) is 94.6 Å². The van der Waals surface area contributed by atoms with Crippen LogP contribution >= 0.6 is 0 Å². The van der Waals surface area contributed by atoms with Gasteiger partial charge in [0.15, 0.2) is 5.79 Å². The van der Waals surface area contributed by atoms with Crippen LogP contribution in [0.5, 0.6) is 0 Å². The Hall–Kier alpha value is -3.53. The normalized spacial score (nSPS) is 31.7. The van der Waals surface area contributed by atoms with Crippen molar-refractivity contribution < 1.29 is 33.3 Å². The highest BCUT2D eigenvalue weighted by atomic mass is 16.8. The summed E-state index contributed by atoms with van der Waals surface area (Å²) in [5.41, 5.74) is 1.40. The van der Waals surface area contributed by atoms with Gasteiger partial charge in [0.05, 0.1) is 30.2 Å². The molecule has 9 heteroatoms. The molecule has 9 nitrogen and oxygen atoms in total.